The zero-order valence-corrected chi connectivity index (χ0v) is 31.0. The molecule has 8 aromatic rings. The smallest absolute Gasteiger partial charge is 0.0540 e. The molecule has 264 valence electrons. The molecule has 8 aromatic carbocycles. The van der Waals surface area contributed by atoms with Gasteiger partial charge in [-0.05, 0) is 135 Å². The molecule has 1 nitrogen and oxygen atoms in total. The van der Waals surface area contributed by atoms with Crippen LogP contribution >= 0.6 is 0 Å². The lowest BCUT2D eigenvalue weighted by Crippen LogP contribution is -2.55. The third-order valence-electron chi connectivity index (χ3n) is 14.2. The first kappa shape index (κ1) is 31.4. The van der Waals surface area contributed by atoms with Gasteiger partial charge in [0.05, 0.1) is 11.4 Å². The molecule has 0 atom stereocenters. The first-order chi connectivity index (χ1) is 27.3. The van der Waals surface area contributed by atoms with Crippen molar-refractivity contribution in [2.75, 3.05) is 4.90 Å². The van der Waals surface area contributed by atoms with Crippen LogP contribution in [0.5, 0.6) is 0 Å². The molecule has 0 saturated heterocycles. The normalized spacial score (nSPS) is 23.0. The SMILES string of the molecule is c1ccc(-c2ccc(N(c3ccc4c(c3)C3(c5ccccc5-4)C4CC5CC(C4)CC3C5)c3ccc(-c4ccccc4)c4ccccc34)c3ccccc23)cc1. The minimum atomic E-state index is 0.0967. The highest BCUT2D eigenvalue weighted by Crippen LogP contribution is 2.69. The van der Waals surface area contributed by atoms with Gasteiger partial charge in [0.15, 0.2) is 0 Å². The summed E-state index contributed by atoms with van der Waals surface area (Å²) >= 11 is 0. The molecule has 1 spiro atoms. The maximum Gasteiger partial charge on any atom is 0.0540 e. The molecule has 0 amide bonds. The zero-order chi connectivity index (χ0) is 36.1. The fraction of sp³-hybridized carbons (Fsp3) is 0.185. The highest BCUT2D eigenvalue weighted by atomic mass is 15.1. The van der Waals surface area contributed by atoms with Crippen molar-refractivity contribution in [2.24, 2.45) is 23.7 Å². The fourth-order valence-corrected chi connectivity index (χ4v) is 12.4. The van der Waals surface area contributed by atoms with E-state index in [-0.39, 0.29) is 5.41 Å². The first-order valence-corrected chi connectivity index (χ1v) is 20.4. The van der Waals surface area contributed by atoms with Gasteiger partial charge >= 0.3 is 0 Å². The maximum absolute atomic E-state index is 2.65. The van der Waals surface area contributed by atoms with Crippen molar-refractivity contribution in [3.8, 4) is 33.4 Å². The van der Waals surface area contributed by atoms with Crippen molar-refractivity contribution in [1.29, 1.82) is 0 Å². The van der Waals surface area contributed by atoms with Gasteiger partial charge in [0.2, 0.25) is 0 Å². The van der Waals surface area contributed by atoms with Crippen LogP contribution in [0, 0.1) is 23.7 Å². The monoisotopic (exact) mass is 705 g/mol. The summed E-state index contributed by atoms with van der Waals surface area (Å²) in [6, 6.07) is 66.3. The molecule has 55 heavy (non-hydrogen) atoms. The van der Waals surface area contributed by atoms with Crippen LogP contribution < -0.4 is 4.90 Å². The molecule has 1 heteroatoms. The van der Waals surface area contributed by atoms with Crippen LogP contribution in [0.1, 0.15) is 43.2 Å². The van der Waals surface area contributed by atoms with E-state index in [1.54, 1.807) is 11.1 Å². The van der Waals surface area contributed by atoms with Crippen LogP contribution in [0.3, 0.4) is 0 Å². The predicted molar refractivity (Wildman–Crippen MR) is 230 cm³/mol. The summed E-state index contributed by atoms with van der Waals surface area (Å²) in [6.07, 6.45) is 6.99. The predicted octanol–water partition coefficient (Wildman–Crippen LogP) is 14.5. The van der Waals surface area contributed by atoms with Crippen LogP contribution in [0.25, 0.3) is 54.9 Å². The zero-order valence-electron chi connectivity index (χ0n) is 31.0. The Morgan fingerprint density at radius 1 is 0.364 bits per heavy atom. The van der Waals surface area contributed by atoms with Crippen LogP contribution in [0.2, 0.25) is 0 Å². The number of anilines is 3. The van der Waals surface area contributed by atoms with Gasteiger partial charge in [0.25, 0.3) is 0 Å². The quantitative estimate of drug-likeness (QED) is 0.172. The molecule has 13 rings (SSSR count). The Morgan fingerprint density at radius 3 is 1.38 bits per heavy atom. The van der Waals surface area contributed by atoms with Gasteiger partial charge in [-0.1, -0.05) is 152 Å². The topological polar surface area (TPSA) is 3.24 Å². The highest BCUT2D eigenvalue weighted by Gasteiger charge is 2.61. The number of nitrogens with zero attached hydrogens (tertiary/aromatic N) is 1. The largest absolute Gasteiger partial charge is 0.309 e. The van der Waals surface area contributed by atoms with Crippen LogP contribution in [0.4, 0.5) is 17.1 Å². The van der Waals surface area contributed by atoms with Crippen LogP contribution in [-0.4, -0.2) is 0 Å². The summed E-state index contributed by atoms with van der Waals surface area (Å²) in [6.45, 7) is 0. The van der Waals surface area contributed by atoms with Gasteiger partial charge in [-0.25, -0.2) is 0 Å². The Bertz CT molecular complexity index is 2630. The summed E-state index contributed by atoms with van der Waals surface area (Å²) in [7, 11) is 0. The molecule has 0 aromatic heterocycles. The van der Waals surface area contributed by atoms with Gasteiger partial charge in [-0.3, -0.25) is 0 Å². The Balaban J connectivity index is 1.13. The Kier molecular flexibility index (Phi) is 6.88. The molecule has 5 aliphatic rings. The summed E-state index contributed by atoms with van der Waals surface area (Å²) < 4.78 is 0. The number of fused-ring (bicyclic) bond motifs is 5. The van der Waals surface area contributed by atoms with E-state index in [2.05, 4.69) is 181 Å². The summed E-state index contributed by atoms with van der Waals surface area (Å²) in [5.74, 6) is 3.25. The molecule has 5 aliphatic carbocycles. The highest BCUT2D eigenvalue weighted by molar-refractivity contribution is 6.11. The van der Waals surface area contributed by atoms with Gasteiger partial charge in [-0.15, -0.1) is 0 Å². The average Bonchev–Trinajstić information content (AvgIpc) is 3.53. The molecule has 0 N–H and O–H groups in total. The van der Waals surface area contributed by atoms with E-state index in [1.807, 2.05) is 0 Å². The van der Waals surface area contributed by atoms with Crippen LogP contribution in [-0.2, 0) is 5.41 Å². The van der Waals surface area contributed by atoms with Crippen molar-refractivity contribution in [3.63, 3.8) is 0 Å². The molecule has 0 aliphatic heterocycles. The second-order valence-corrected chi connectivity index (χ2v) is 16.9. The van der Waals surface area contributed by atoms with E-state index in [9.17, 15) is 0 Å². The second-order valence-electron chi connectivity index (χ2n) is 16.9. The molecule has 4 bridgehead atoms. The Hall–Kier alpha value is -5.92. The van der Waals surface area contributed by atoms with E-state index in [4.69, 9.17) is 0 Å². The number of hydrogen-bond acceptors (Lipinski definition) is 1. The molecular weight excluding hydrogens is 663 g/mol. The van der Waals surface area contributed by atoms with Crippen LogP contribution in [0.15, 0.2) is 176 Å². The lowest BCUT2D eigenvalue weighted by atomic mass is 9.43. The number of hydrogen-bond donors (Lipinski definition) is 0. The van der Waals surface area contributed by atoms with E-state index in [0.29, 0.717) is 11.8 Å². The molecular formula is C54H43N. The van der Waals surface area contributed by atoms with Gasteiger partial charge in [0.1, 0.15) is 0 Å². The molecule has 4 fully saturated rings. The first-order valence-electron chi connectivity index (χ1n) is 20.4. The van der Waals surface area contributed by atoms with Crippen molar-refractivity contribution >= 4 is 38.6 Å². The third kappa shape index (κ3) is 4.53. The Labute approximate surface area is 323 Å². The Morgan fingerprint density at radius 2 is 0.818 bits per heavy atom. The fourth-order valence-electron chi connectivity index (χ4n) is 12.4. The maximum atomic E-state index is 2.65. The standard InChI is InChI=1S/C54H43N/c1-3-13-37(14-4-1)42-25-27-52(48-20-9-7-17-44(42)48)55(53-28-26-43(38-15-5-2-6-16-38)45-18-8-10-21-49(45)53)41-23-24-47-46-19-11-12-22-50(46)54(51(47)34-41)39-30-35-29-36(32-39)33-40(54)31-35/h1-28,34-36,39-40H,29-33H2. The summed E-state index contributed by atoms with van der Waals surface area (Å²) in [5, 5.41) is 5.06. The van der Waals surface area contributed by atoms with E-state index in [0.717, 1.165) is 11.8 Å². The van der Waals surface area contributed by atoms with Crippen molar-refractivity contribution < 1.29 is 0 Å². The van der Waals surface area contributed by atoms with E-state index >= 15 is 0 Å². The second kappa shape index (κ2) is 12.0. The minimum Gasteiger partial charge on any atom is -0.309 e. The molecule has 0 unspecified atom stereocenters. The van der Waals surface area contributed by atoms with Gasteiger partial charge < -0.3 is 4.90 Å². The minimum absolute atomic E-state index is 0.0967. The van der Waals surface area contributed by atoms with Gasteiger partial charge in [-0.2, -0.15) is 0 Å². The third-order valence-corrected chi connectivity index (χ3v) is 14.2. The molecule has 0 heterocycles. The molecule has 0 radical (unpaired) electrons. The van der Waals surface area contributed by atoms with E-state index < -0.39 is 0 Å². The summed E-state index contributed by atoms with van der Waals surface area (Å²) in [5.41, 5.74) is 14.9. The number of benzene rings is 8. The summed E-state index contributed by atoms with van der Waals surface area (Å²) in [4.78, 5) is 2.60. The van der Waals surface area contributed by atoms with Crippen molar-refractivity contribution in [1.82, 2.24) is 0 Å². The lowest BCUT2D eigenvalue weighted by molar-refractivity contribution is -0.0399. The molecule has 4 saturated carbocycles. The van der Waals surface area contributed by atoms with E-state index in [1.165, 1.54) is 104 Å². The van der Waals surface area contributed by atoms with Crippen molar-refractivity contribution in [3.05, 3.63) is 187 Å². The average molecular weight is 706 g/mol. The van der Waals surface area contributed by atoms with Crippen molar-refractivity contribution in [2.45, 2.75) is 37.5 Å². The van der Waals surface area contributed by atoms with Gasteiger partial charge in [0, 0.05) is 21.9 Å². The lowest BCUT2D eigenvalue weighted by Gasteiger charge is -2.61. The number of rotatable bonds is 5.